The highest BCUT2D eigenvalue weighted by Crippen LogP contribution is 2.33. The van der Waals surface area contributed by atoms with E-state index in [1.54, 1.807) is 23.5 Å². The van der Waals surface area contributed by atoms with Crippen molar-refractivity contribution in [1.82, 2.24) is 9.62 Å². The summed E-state index contributed by atoms with van der Waals surface area (Å²) < 4.78 is 33.5. The molecule has 1 fully saturated rings. The van der Waals surface area contributed by atoms with Crippen LogP contribution in [0, 0.1) is 5.92 Å². The summed E-state index contributed by atoms with van der Waals surface area (Å²) in [6, 6.07) is 13.2. The molecule has 0 radical (unpaired) electrons. The third-order valence-corrected chi connectivity index (χ3v) is 6.99. The summed E-state index contributed by atoms with van der Waals surface area (Å²) in [6.45, 7) is 7.19. The lowest BCUT2D eigenvalue weighted by atomic mass is 10.0. The highest BCUT2D eigenvalue weighted by Gasteiger charge is 2.29. The van der Waals surface area contributed by atoms with Crippen molar-refractivity contribution in [3.05, 3.63) is 48.0 Å². The lowest BCUT2D eigenvalue weighted by Crippen LogP contribution is -2.28. The van der Waals surface area contributed by atoms with Crippen molar-refractivity contribution in [2.45, 2.75) is 38.1 Å². The third kappa shape index (κ3) is 4.57. The smallest absolute Gasteiger partial charge is 0.243 e. The van der Waals surface area contributed by atoms with E-state index >= 15 is 0 Å². The highest BCUT2D eigenvalue weighted by molar-refractivity contribution is 7.89. The largest absolute Gasteiger partial charge is 0.496 e. The van der Waals surface area contributed by atoms with Gasteiger partial charge in [-0.1, -0.05) is 44.2 Å². The zero-order valence-electron chi connectivity index (χ0n) is 16.9. The van der Waals surface area contributed by atoms with Gasteiger partial charge in [-0.25, -0.2) is 8.42 Å². The molecule has 1 heterocycles. The van der Waals surface area contributed by atoms with E-state index in [9.17, 15) is 8.42 Å². The van der Waals surface area contributed by atoms with E-state index in [0.29, 0.717) is 23.9 Å². The molecule has 1 saturated heterocycles. The number of ether oxygens (including phenoxy) is 1. The summed E-state index contributed by atoms with van der Waals surface area (Å²) in [7, 11) is -1.84. The molecular weight excluding hydrogens is 372 g/mol. The van der Waals surface area contributed by atoms with Gasteiger partial charge in [0.15, 0.2) is 0 Å². The lowest BCUT2D eigenvalue weighted by Gasteiger charge is -2.19. The van der Waals surface area contributed by atoms with E-state index < -0.39 is 10.0 Å². The van der Waals surface area contributed by atoms with E-state index in [4.69, 9.17) is 4.74 Å². The average Bonchev–Trinajstić information content (AvgIpc) is 3.23. The Morgan fingerprint density at radius 2 is 1.82 bits per heavy atom. The zero-order valence-corrected chi connectivity index (χ0v) is 17.8. The number of benzene rings is 2. The number of hydrogen-bond donors (Lipinski definition) is 1. The van der Waals surface area contributed by atoms with Gasteiger partial charge in [-0.05, 0) is 43.0 Å². The second kappa shape index (κ2) is 9.07. The van der Waals surface area contributed by atoms with Crippen LogP contribution in [0.3, 0.4) is 0 Å². The number of sulfonamides is 1. The average molecular weight is 403 g/mol. The monoisotopic (exact) mass is 402 g/mol. The van der Waals surface area contributed by atoms with E-state index in [0.717, 1.165) is 48.4 Å². The first-order valence-corrected chi connectivity index (χ1v) is 11.3. The van der Waals surface area contributed by atoms with Crippen LogP contribution in [0.5, 0.6) is 5.75 Å². The van der Waals surface area contributed by atoms with Crippen LogP contribution in [0.1, 0.15) is 32.3 Å². The van der Waals surface area contributed by atoms with Crippen molar-refractivity contribution in [1.29, 1.82) is 0 Å². The fraction of sp³-hybridized carbons (Fsp3) is 0.455. The van der Waals surface area contributed by atoms with Crippen LogP contribution in [0.15, 0.2) is 47.4 Å². The van der Waals surface area contributed by atoms with Gasteiger partial charge in [0.1, 0.15) is 5.75 Å². The maximum Gasteiger partial charge on any atom is 0.243 e. The van der Waals surface area contributed by atoms with Crippen molar-refractivity contribution in [3.63, 3.8) is 0 Å². The van der Waals surface area contributed by atoms with Crippen LogP contribution in [-0.4, -0.2) is 39.5 Å². The molecule has 28 heavy (non-hydrogen) atoms. The Bertz CT molecular complexity index is 904. The Kier molecular flexibility index (Phi) is 6.75. The number of nitrogens with zero attached hydrogens (tertiary/aromatic N) is 1. The number of hydrogen-bond acceptors (Lipinski definition) is 4. The second-order valence-electron chi connectivity index (χ2n) is 7.66. The van der Waals surface area contributed by atoms with Crippen molar-refractivity contribution >= 4 is 10.0 Å². The zero-order chi connectivity index (χ0) is 20.1. The predicted octanol–water partition coefficient (Wildman–Crippen LogP) is 3.89. The van der Waals surface area contributed by atoms with Gasteiger partial charge < -0.3 is 10.1 Å². The molecule has 2 aromatic carbocycles. The van der Waals surface area contributed by atoms with E-state index in [1.807, 2.05) is 30.3 Å². The van der Waals surface area contributed by atoms with Gasteiger partial charge in [-0.15, -0.1) is 0 Å². The minimum absolute atomic E-state index is 0.365. The van der Waals surface area contributed by atoms with E-state index in [1.165, 1.54) is 0 Å². The van der Waals surface area contributed by atoms with Gasteiger partial charge >= 0.3 is 0 Å². The van der Waals surface area contributed by atoms with Gasteiger partial charge in [0.05, 0.1) is 12.0 Å². The van der Waals surface area contributed by atoms with Gasteiger partial charge in [0, 0.05) is 30.8 Å². The highest BCUT2D eigenvalue weighted by atomic mass is 32.2. The SMILES string of the molecule is COc1cc(-c2ccccc2S(=O)(=O)N2CCCC2)ccc1CNCC(C)C. The second-order valence-corrected chi connectivity index (χ2v) is 9.57. The van der Waals surface area contributed by atoms with Gasteiger partial charge in [0.2, 0.25) is 10.0 Å². The molecule has 0 aromatic heterocycles. The molecule has 1 N–H and O–H groups in total. The summed E-state index contributed by atoms with van der Waals surface area (Å²) in [5, 5.41) is 3.43. The van der Waals surface area contributed by atoms with Crippen molar-refractivity contribution in [2.75, 3.05) is 26.7 Å². The number of rotatable bonds is 8. The van der Waals surface area contributed by atoms with Crippen molar-refractivity contribution < 1.29 is 13.2 Å². The number of methoxy groups -OCH3 is 1. The minimum Gasteiger partial charge on any atom is -0.496 e. The van der Waals surface area contributed by atoms with Crippen molar-refractivity contribution in [3.8, 4) is 16.9 Å². The van der Waals surface area contributed by atoms with E-state index in [2.05, 4.69) is 19.2 Å². The molecule has 1 aliphatic heterocycles. The molecular formula is C22H30N2O3S. The summed E-state index contributed by atoms with van der Waals surface area (Å²) >= 11 is 0. The standard InChI is InChI=1S/C22H30N2O3S/c1-17(2)15-23-16-19-11-10-18(14-21(19)27-3)20-8-4-5-9-22(20)28(25,26)24-12-6-7-13-24/h4-5,8-11,14,17,23H,6-7,12-13,15-16H2,1-3H3. The predicted molar refractivity (Wildman–Crippen MR) is 113 cm³/mol. The Labute approximate surface area is 168 Å². The fourth-order valence-electron chi connectivity index (χ4n) is 3.55. The Morgan fingerprint density at radius 3 is 2.50 bits per heavy atom. The van der Waals surface area contributed by atoms with Gasteiger partial charge in [-0.3, -0.25) is 0 Å². The fourth-order valence-corrected chi connectivity index (χ4v) is 5.28. The quantitative estimate of drug-likeness (QED) is 0.728. The van der Waals surface area contributed by atoms with Crippen molar-refractivity contribution in [2.24, 2.45) is 5.92 Å². The molecule has 0 amide bonds. The maximum atomic E-state index is 13.1. The Balaban J connectivity index is 1.94. The Hall–Kier alpha value is -1.89. The van der Waals surface area contributed by atoms with Crippen LogP contribution < -0.4 is 10.1 Å². The van der Waals surface area contributed by atoms with Gasteiger partial charge in [-0.2, -0.15) is 4.31 Å². The third-order valence-electron chi connectivity index (χ3n) is 5.04. The number of nitrogens with one attached hydrogen (secondary N) is 1. The minimum atomic E-state index is -3.49. The normalized spacial score (nSPS) is 15.3. The summed E-state index contributed by atoms with van der Waals surface area (Å²) in [5.41, 5.74) is 2.63. The molecule has 152 valence electrons. The molecule has 5 nitrogen and oxygen atoms in total. The molecule has 0 saturated carbocycles. The maximum absolute atomic E-state index is 13.1. The van der Waals surface area contributed by atoms with Crippen LogP contribution in [0.4, 0.5) is 0 Å². The molecule has 1 aliphatic rings. The lowest BCUT2D eigenvalue weighted by molar-refractivity contribution is 0.407. The summed E-state index contributed by atoms with van der Waals surface area (Å²) in [6.07, 6.45) is 1.85. The first kappa shape index (κ1) is 20.8. The summed E-state index contributed by atoms with van der Waals surface area (Å²) in [5.74, 6) is 1.34. The van der Waals surface area contributed by atoms with Gasteiger partial charge in [0.25, 0.3) is 0 Å². The Morgan fingerprint density at radius 1 is 1.11 bits per heavy atom. The molecule has 0 bridgehead atoms. The first-order chi connectivity index (χ1) is 13.4. The molecule has 0 spiro atoms. The molecule has 2 aromatic rings. The molecule has 0 unspecified atom stereocenters. The summed E-state index contributed by atoms with van der Waals surface area (Å²) in [4.78, 5) is 0.365. The molecule has 0 atom stereocenters. The van der Waals surface area contributed by atoms with Crippen LogP contribution in [0.25, 0.3) is 11.1 Å². The molecule has 0 aliphatic carbocycles. The van der Waals surface area contributed by atoms with Crippen LogP contribution in [-0.2, 0) is 16.6 Å². The van der Waals surface area contributed by atoms with Crippen LogP contribution in [0.2, 0.25) is 0 Å². The van der Waals surface area contributed by atoms with E-state index in [-0.39, 0.29) is 0 Å². The van der Waals surface area contributed by atoms with Crippen LogP contribution >= 0.6 is 0 Å². The molecule has 3 rings (SSSR count). The topological polar surface area (TPSA) is 58.6 Å². The first-order valence-electron chi connectivity index (χ1n) is 9.90. The molecule has 6 heteroatoms.